The van der Waals surface area contributed by atoms with E-state index in [1.54, 1.807) is 11.3 Å². The maximum Gasteiger partial charge on any atom is 0.485 e. The van der Waals surface area contributed by atoms with Crippen molar-refractivity contribution in [3.63, 3.8) is 0 Å². The van der Waals surface area contributed by atoms with Crippen LogP contribution in [0, 0.1) is 0 Å². The van der Waals surface area contributed by atoms with Gasteiger partial charge in [-0.1, -0.05) is 23.5 Å². The van der Waals surface area contributed by atoms with Crippen LogP contribution in [-0.2, 0) is 16.7 Å². The number of aromatic nitrogens is 1. The Bertz CT molecular complexity index is 649. The number of para-hydroxylation sites is 1. The normalized spacial score (nSPS) is 12.1. The molecule has 0 N–H and O–H groups in total. The van der Waals surface area contributed by atoms with Crippen LogP contribution in [0.4, 0.5) is 13.2 Å². The number of halogens is 3. The van der Waals surface area contributed by atoms with E-state index in [4.69, 9.17) is 13.0 Å². The van der Waals surface area contributed by atoms with Gasteiger partial charge in [0, 0.05) is 6.07 Å². The van der Waals surface area contributed by atoms with Crippen LogP contribution < -0.4 is 4.57 Å². The largest absolute Gasteiger partial charge is 0.741 e. The van der Waals surface area contributed by atoms with E-state index < -0.39 is 15.6 Å². The summed E-state index contributed by atoms with van der Waals surface area (Å²) >= 11 is 1.80. The minimum Gasteiger partial charge on any atom is -0.741 e. The van der Waals surface area contributed by atoms with Gasteiger partial charge in [0.2, 0.25) is 11.0 Å². The summed E-state index contributed by atoms with van der Waals surface area (Å²) in [5, 5.41) is 0. The Morgan fingerprint density at radius 3 is 2.32 bits per heavy atom. The summed E-state index contributed by atoms with van der Waals surface area (Å²) in [6, 6.07) is 8.49. The maximum absolute atomic E-state index is 10.7. The number of hydrogen-bond acceptors (Lipinski definition) is 4. The molecular formula is C10H10F3NO3S2. The van der Waals surface area contributed by atoms with E-state index in [2.05, 4.69) is 41.3 Å². The van der Waals surface area contributed by atoms with Gasteiger partial charge in [-0.05, 0) is 13.0 Å². The lowest BCUT2D eigenvalue weighted by molar-refractivity contribution is -0.663. The van der Waals surface area contributed by atoms with Crippen molar-refractivity contribution in [2.24, 2.45) is 0 Å². The number of hydrogen-bond donors (Lipinski definition) is 0. The minimum atomic E-state index is -6.09. The van der Waals surface area contributed by atoms with E-state index >= 15 is 0 Å². The Morgan fingerprint density at radius 1 is 1.32 bits per heavy atom. The third kappa shape index (κ3) is 4.15. The fraction of sp³-hybridized carbons (Fsp3) is 0.300. The number of fused-ring (bicyclic) bond motifs is 1. The van der Waals surface area contributed by atoms with Crippen LogP contribution in [0.3, 0.4) is 0 Å². The number of alkyl halides is 3. The van der Waals surface area contributed by atoms with Gasteiger partial charge >= 0.3 is 5.51 Å². The van der Waals surface area contributed by atoms with E-state index in [1.807, 2.05) is 0 Å². The predicted molar refractivity (Wildman–Crippen MR) is 63.4 cm³/mol. The van der Waals surface area contributed by atoms with Gasteiger partial charge in [-0.2, -0.15) is 17.7 Å². The van der Waals surface area contributed by atoms with Crippen molar-refractivity contribution < 1.29 is 30.7 Å². The van der Waals surface area contributed by atoms with Crippen molar-refractivity contribution in [1.82, 2.24) is 0 Å². The van der Waals surface area contributed by atoms with Crippen LogP contribution in [0.2, 0.25) is 0 Å². The molecule has 0 amide bonds. The summed E-state index contributed by atoms with van der Waals surface area (Å²) in [6.45, 7) is 3.23. The molecule has 1 heterocycles. The first-order valence-electron chi connectivity index (χ1n) is 5.04. The highest BCUT2D eigenvalue weighted by Crippen LogP contribution is 2.20. The van der Waals surface area contributed by atoms with Gasteiger partial charge in [-0.25, -0.2) is 8.42 Å². The third-order valence-corrected chi connectivity index (χ3v) is 3.63. The van der Waals surface area contributed by atoms with Crippen molar-refractivity contribution in [3.8, 4) is 0 Å². The van der Waals surface area contributed by atoms with E-state index in [9.17, 15) is 13.2 Å². The number of nitrogens with zero attached hydrogens (tertiary/aromatic N) is 1. The Balaban J connectivity index is 0.000000203. The van der Waals surface area contributed by atoms with E-state index in [0.29, 0.717) is 0 Å². The first-order valence-corrected chi connectivity index (χ1v) is 7.33. The van der Waals surface area contributed by atoms with Gasteiger partial charge in [0.05, 0.1) is 0 Å². The molecule has 0 aliphatic carbocycles. The molecule has 0 spiro atoms. The monoisotopic (exact) mass is 313 g/mol. The van der Waals surface area contributed by atoms with Crippen LogP contribution in [0.5, 0.6) is 0 Å². The number of benzene rings is 1. The fourth-order valence-corrected chi connectivity index (χ4v) is 2.18. The summed E-state index contributed by atoms with van der Waals surface area (Å²) in [4.78, 5) is 0. The van der Waals surface area contributed by atoms with Crippen molar-refractivity contribution in [3.05, 3.63) is 29.8 Å². The molecular weight excluding hydrogens is 303 g/mol. The minimum absolute atomic E-state index is 1.06. The molecule has 0 bridgehead atoms. The third-order valence-electron chi connectivity index (χ3n) is 2.11. The van der Waals surface area contributed by atoms with Gasteiger partial charge < -0.3 is 4.55 Å². The van der Waals surface area contributed by atoms with Gasteiger partial charge in [0.15, 0.2) is 10.1 Å². The average Bonchev–Trinajstić information content (AvgIpc) is 2.70. The Labute approximate surface area is 111 Å². The lowest BCUT2D eigenvalue weighted by Crippen LogP contribution is -2.29. The summed E-state index contributed by atoms with van der Waals surface area (Å²) in [7, 11) is -6.09. The SMILES string of the molecule is CC[n+]1csc2ccccc21.O=S(=O)([O-])C(F)(F)F. The standard InChI is InChI=1S/C9H10NS.CHF3O3S/c1-2-10-7-11-9-6-4-3-5-8(9)10;2-1(3,4)8(5,6)7/h3-7H,2H2,1H3;(H,5,6,7)/q+1;/p-1. The van der Waals surface area contributed by atoms with Gasteiger partial charge in [-0.3, -0.25) is 0 Å². The molecule has 0 saturated heterocycles. The highest BCUT2D eigenvalue weighted by atomic mass is 32.2. The Kier molecular flexibility index (Phi) is 4.88. The molecule has 0 saturated carbocycles. The second kappa shape index (κ2) is 5.85. The molecule has 0 radical (unpaired) electrons. The van der Waals surface area contributed by atoms with Crippen molar-refractivity contribution in [2.75, 3.05) is 0 Å². The molecule has 19 heavy (non-hydrogen) atoms. The first kappa shape index (κ1) is 15.9. The average molecular weight is 313 g/mol. The molecule has 1 aromatic heterocycles. The second-order valence-electron chi connectivity index (χ2n) is 3.38. The molecule has 106 valence electrons. The van der Waals surface area contributed by atoms with Gasteiger partial charge in [0.25, 0.3) is 0 Å². The molecule has 0 aliphatic rings. The highest BCUT2D eigenvalue weighted by molar-refractivity contribution is 7.86. The zero-order chi connectivity index (χ0) is 14.7. The second-order valence-corrected chi connectivity index (χ2v) is 5.63. The first-order chi connectivity index (χ1) is 8.67. The topological polar surface area (TPSA) is 61.1 Å². The van der Waals surface area contributed by atoms with Crippen molar-refractivity contribution in [1.29, 1.82) is 0 Å². The molecule has 0 unspecified atom stereocenters. The molecule has 0 atom stereocenters. The molecule has 0 fully saturated rings. The fourth-order valence-electron chi connectivity index (χ4n) is 1.22. The van der Waals surface area contributed by atoms with Crippen LogP contribution in [0.25, 0.3) is 10.2 Å². The summed E-state index contributed by atoms with van der Waals surface area (Å²) in [5.41, 5.74) is -2.13. The summed E-state index contributed by atoms with van der Waals surface area (Å²) < 4.78 is 62.5. The smallest absolute Gasteiger partial charge is 0.485 e. The molecule has 2 rings (SSSR count). The Morgan fingerprint density at radius 2 is 1.84 bits per heavy atom. The van der Waals surface area contributed by atoms with E-state index in [-0.39, 0.29) is 0 Å². The summed E-state index contributed by atoms with van der Waals surface area (Å²) in [5.74, 6) is 0. The zero-order valence-electron chi connectivity index (χ0n) is 9.72. The predicted octanol–water partition coefficient (Wildman–Crippen LogP) is 2.26. The van der Waals surface area contributed by atoms with Gasteiger partial charge in [0.1, 0.15) is 11.2 Å². The lowest BCUT2D eigenvalue weighted by Gasteiger charge is -2.08. The highest BCUT2D eigenvalue weighted by Gasteiger charge is 2.36. The van der Waals surface area contributed by atoms with Gasteiger partial charge in [-0.15, -0.1) is 0 Å². The van der Waals surface area contributed by atoms with Crippen LogP contribution >= 0.6 is 11.3 Å². The molecule has 0 aliphatic heterocycles. The number of aryl methyl sites for hydroxylation is 1. The molecule has 4 nitrogen and oxygen atoms in total. The van der Waals surface area contributed by atoms with Crippen LogP contribution in [0.15, 0.2) is 29.8 Å². The Hall–Kier alpha value is -1.19. The lowest BCUT2D eigenvalue weighted by atomic mass is 10.3. The number of rotatable bonds is 1. The molecule has 2 aromatic rings. The van der Waals surface area contributed by atoms with Crippen LogP contribution in [-0.4, -0.2) is 18.5 Å². The van der Waals surface area contributed by atoms with Crippen molar-refractivity contribution >= 4 is 31.7 Å². The zero-order valence-corrected chi connectivity index (χ0v) is 11.3. The van der Waals surface area contributed by atoms with Crippen molar-refractivity contribution in [2.45, 2.75) is 19.0 Å². The van der Waals surface area contributed by atoms with Crippen LogP contribution in [0.1, 0.15) is 6.92 Å². The molecule has 9 heteroatoms. The van der Waals surface area contributed by atoms with E-state index in [0.717, 1.165) is 6.54 Å². The maximum atomic E-state index is 10.7. The van der Waals surface area contributed by atoms with E-state index in [1.165, 1.54) is 10.2 Å². The molecule has 1 aromatic carbocycles. The quantitative estimate of drug-likeness (QED) is 0.461. The number of thiazole rings is 1. The summed E-state index contributed by atoms with van der Waals surface area (Å²) in [6.07, 6.45) is 0.